The van der Waals surface area contributed by atoms with Crippen LogP contribution < -0.4 is 11.1 Å². The molecule has 4 N–H and O–H groups in total. The van der Waals surface area contributed by atoms with Crippen LogP contribution >= 0.6 is 0 Å². The quantitative estimate of drug-likeness (QED) is 0.572. The zero-order valence-electron chi connectivity index (χ0n) is 9.32. The van der Waals surface area contributed by atoms with Gasteiger partial charge < -0.3 is 16.2 Å². The van der Waals surface area contributed by atoms with E-state index in [2.05, 4.69) is 5.32 Å². The number of amides is 1. The molecule has 1 unspecified atom stereocenters. The van der Waals surface area contributed by atoms with Crippen molar-refractivity contribution < 1.29 is 14.7 Å². The Kier molecular flexibility index (Phi) is 6.70. The zero-order valence-corrected chi connectivity index (χ0v) is 9.32. The predicted octanol–water partition coefficient (Wildman–Crippen LogP) is 0.341. The lowest BCUT2D eigenvalue weighted by Gasteiger charge is -2.12. The molecule has 1 amide bonds. The second kappa shape index (κ2) is 7.23. The molecule has 5 nitrogen and oxygen atoms in total. The molecule has 0 saturated heterocycles. The molecule has 0 rings (SSSR count). The molecule has 0 aliphatic rings. The molecule has 0 heterocycles. The van der Waals surface area contributed by atoms with E-state index in [1.807, 2.05) is 6.92 Å². The summed E-state index contributed by atoms with van der Waals surface area (Å²) in [4.78, 5) is 21.8. The van der Waals surface area contributed by atoms with Crippen LogP contribution in [-0.2, 0) is 9.59 Å². The molecule has 88 valence electrons. The third-order valence-corrected chi connectivity index (χ3v) is 2.23. The van der Waals surface area contributed by atoms with Crippen molar-refractivity contribution in [2.24, 2.45) is 11.7 Å². The summed E-state index contributed by atoms with van der Waals surface area (Å²) in [5.41, 5.74) is 5.58. The normalized spacial score (nSPS) is 14.3. The maximum Gasteiger partial charge on any atom is 0.306 e. The Bertz CT molecular complexity index is 219. The lowest BCUT2D eigenvalue weighted by Crippen LogP contribution is -2.41. The Balaban J connectivity index is 3.67. The Morgan fingerprint density at radius 2 is 2.00 bits per heavy atom. The molecule has 0 aromatic heterocycles. The maximum absolute atomic E-state index is 11.3. The minimum atomic E-state index is -0.845. The van der Waals surface area contributed by atoms with Gasteiger partial charge >= 0.3 is 5.97 Å². The summed E-state index contributed by atoms with van der Waals surface area (Å²) in [5.74, 6) is -1.48. The molecule has 0 radical (unpaired) electrons. The minimum absolute atomic E-state index is 0.200. The molecule has 2 atom stereocenters. The number of carbonyl (C=O) groups is 2. The number of nitrogens with one attached hydrogen (secondary N) is 1. The third-order valence-electron chi connectivity index (χ3n) is 2.23. The number of carboxylic acids is 1. The Morgan fingerprint density at radius 3 is 2.47 bits per heavy atom. The van der Waals surface area contributed by atoms with Gasteiger partial charge in [-0.05, 0) is 12.8 Å². The number of hydrogen-bond acceptors (Lipinski definition) is 3. The van der Waals surface area contributed by atoms with E-state index in [1.54, 1.807) is 6.92 Å². The van der Waals surface area contributed by atoms with E-state index < -0.39 is 17.9 Å². The summed E-state index contributed by atoms with van der Waals surface area (Å²) in [6.07, 6.45) is 1.94. The van der Waals surface area contributed by atoms with Gasteiger partial charge in [-0.25, -0.2) is 0 Å². The van der Waals surface area contributed by atoms with Crippen LogP contribution in [0, 0.1) is 5.92 Å². The Labute approximate surface area is 90.0 Å². The minimum Gasteiger partial charge on any atom is -0.481 e. The van der Waals surface area contributed by atoms with Crippen molar-refractivity contribution in [3.05, 3.63) is 0 Å². The van der Waals surface area contributed by atoms with Gasteiger partial charge in [0.1, 0.15) is 0 Å². The number of nitrogens with two attached hydrogens (primary N) is 1. The zero-order chi connectivity index (χ0) is 11.8. The first-order valence-corrected chi connectivity index (χ1v) is 5.25. The molecule has 0 fully saturated rings. The highest BCUT2D eigenvalue weighted by atomic mass is 16.4. The number of carbonyl (C=O) groups excluding carboxylic acids is 1. The summed E-state index contributed by atoms with van der Waals surface area (Å²) in [6, 6.07) is -0.477. The van der Waals surface area contributed by atoms with E-state index >= 15 is 0 Å². The van der Waals surface area contributed by atoms with E-state index in [0.29, 0.717) is 19.4 Å². The third kappa shape index (κ3) is 6.06. The second-order valence-corrected chi connectivity index (χ2v) is 3.71. The van der Waals surface area contributed by atoms with E-state index in [-0.39, 0.29) is 5.91 Å². The van der Waals surface area contributed by atoms with Crippen molar-refractivity contribution in [2.75, 3.05) is 6.54 Å². The van der Waals surface area contributed by atoms with Gasteiger partial charge in [-0.2, -0.15) is 0 Å². The maximum atomic E-state index is 11.3. The van der Waals surface area contributed by atoms with Crippen LogP contribution in [-0.4, -0.2) is 29.6 Å². The van der Waals surface area contributed by atoms with Crippen LogP contribution in [0.25, 0.3) is 0 Å². The first kappa shape index (κ1) is 13.9. The van der Waals surface area contributed by atoms with Gasteiger partial charge in [-0.3, -0.25) is 9.59 Å². The van der Waals surface area contributed by atoms with Crippen LogP contribution in [0.4, 0.5) is 0 Å². The molecule has 0 aromatic rings. The molecule has 0 bridgehead atoms. The largest absolute Gasteiger partial charge is 0.481 e. The molecule has 0 saturated carbocycles. The van der Waals surface area contributed by atoms with Crippen LogP contribution in [0.2, 0.25) is 0 Å². The van der Waals surface area contributed by atoms with Crippen molar-refractivity contribution in [1.29, 1.82) is 0 Å². The van der Waals surface area contributed by atoms with Gasteiger partial charge in [0.15, 0.2) is 0 Å². The molecule has 0 aliphatic heterocycles. The van der Waals surface area contributed by atoms with Crippen molar-refractivity contribution in [3.8, 4) is 0 Å². The van der Waals surface area contributed by atoms with Crippen molar-refractivity contribution in [1.82, 2.24) is 5.32 Å². The van der Waals surface area contributed by atoms with Crippen molar-refractivity contribution in [2.45, 2.75) is 39.2 Å². The molecular formula is C10H20N2O3. The summed E-state index contributed by atoms with van der Waals surface area (Å²) < 4.78 is 0. The first-order chi connectivity index (χ1) is 6.99. The predicted molar refractivity (Wildman–Crippen MR) is 57.3 cm³/mol. The number of carboxylic acid groups (broad SMARTS) is 1. The highest BCUT2D eigenvalue weighted by molar-refractivity contribution is 5.81. The van der Waals surface area contributed by atoms with Gasteiger partial charge in [0.25, 0.3) is 0 Å². The summed E-state index contributed by atoms with van der Waals surface area (Å²) in [7, 11) is 0. The lowest BCUT2D eigenvalue weighted by molar-refractivity contribution is -0.141. The smallest absolute Gasteiger partial charge is 0.306 e. The summed E-state index contributed by atoms with van der Waals surface area (Å²) in [5, 5.41) is 11.2. The van der Waals surface area contributed by atoms with Crippen molar-refractivity contribution >= 4 is 11.9 Å². The molecule has 5 heteroatoms. The average molecular weight is 216 g/mol. The number of rotatable bonds is 7. The number of aliphatic carboxylic acids is 1. The average Bonchev–Trinajstić information content (AvgIpc) is 2.17. The monoisotopic (exact) mass is 216 g/mol. The van der Waals surface area contributed by atoms with Gasteiger partial charge in [0.05, 0.1) is 12.0 Å². The molecule has 0 aliphatic carbocycles. The van der Waals surface area contributed by atoms with E-state index in [0.717, 1.165) is 6.42 Å². The lowest BCUT2D eigenvalue weighted by atomic mass is 10.1. The topological polar surface area (TPSA) is 92.4 Å². The molecule has 0 spiro atoms. The second-order valence-electron chi connectivity index (χ2n) is 3.71. The van der Waals surface area contributed by atoms with E-state index in [4.69, 9.17) is 10.8 Å². The fourth-order valence-electron chi connectivity index (χ4n) is 1.11. The SMILES string of the molecule is CCC[C@H](N)C(=O)NCCC(C)C(=O)O. The van der Waals surface area contributed by atoms with E-state index in [9.17, 15) is 9.59 Å². The summed E-state index contributed by atoms with van der Waals surface area (Å²) in [6.45, 7) is 3.93. The van der Waals surface area contributed by atoms with Crippen LogP contribution in [0.15, 0.2) is 0 Å². The van der Waals surface area contributed by atoms with Gasteiger partial charge in [-0.15, -0.1) is 0 Å². The standard InChI is InChI=1S/C10H20N2O3/c1-3-4-8(11)9(13)12-6-5-7(2)10(14)15/h7-8H,3-6,11H2,1-2H3,(H,12,13)(H,14,15)/t7?,8-/m0/s1. The molecular weight excluding hydrogens is 196 g/mol. The van der Waals surface area contributed by atoms with Gasteiger partial charge in [0, 0.05) is 6.54 Å². The van der Waals surface area contributed by atoms with Crippen LogP contribution in [0.5, 0.6) is 0 Å². The van der Waals surface area contributed by atoms with Crippen molar-refractivity contribution in [3.63, 3.8) is 0 Å². The molecule has 0 aromatic carbocycles. The van der Waals surface area contributed by atoms with Crippen LogP contribution in [0.1, 0.15) is 33.1 Å². The highest BCUT2D eigenvalue weighted by Crippen LogP contribution is 2.00. The first-order valence-electron chi connectivity index (χ1n) is 5.25. The Morgan fingerprint density at radius 1 is 1.40 bits per heavy atom. The van der Waals surface area contributed by atoms with Gasteiger partial charge in [-0.1, -0.05) is 20.3 Å². The Hall–Kier alpha value is -1.10. The van der Waals surface area contributed by atoms with E-state index in [1.165, 1.54) is 0 Å². The fourth-order valence-corrected chi connectivity index (χ4v) is 1.11. The van der Waals surface area contributed by atoms with Gasteiger partial charge in [0.2, 0.25) is 5.91 Å². The highest BCUT2D eigenvalue weighted by Gasteiger charge is 2.14. The van der Waals surface area contributed by atoms with Crippen LogP contribution in [0.3, 0.4) is 0 Å². The number of hydrogen-bond donors (Lipinski definition) is 3. The summed E-state index contributed by atoms with van der Waals surface area (Å²) >= 11 is 0. The molecule has 15 heavy (non-hydrogen) atoms. The fraction of sp³-hybridized carbons (Fsp3) is 0.800.